The number of amides is 2. The van der Waals surface area contributed by atoms with Crippen molar-refractivity contribution >= 4 is 12.0 Å². The fourth-order valence-electron chi connectivity index (χ4n) is 1.03. The number of hydrogen-bond acceptors (Lipinski definition) is 3. The maximum Gasteiger partial charge on any atom is 0.314 e. The van der Waals surface area contributed by atoms with Crippen LogP contribution in [0.4, 0.5) is 4.79 Å². The molecule has 0 aromatic rings. The van der Waals surface area contributed by atoms with E-state index in [4.69, 9.17) is 4.74 Å². The van der Waals surface area contributed by atoms with E-state index in [0.717, 1.165) is 6.42 Å². The van der Waals surface area contributed by atoms with Gasteiger partial charge in [-0.25, -0.2) is 4.79 Å². The number of nitrogens with one attached hydrogen (secondary N) is 2. The lowest BCUT2D eigenvalue weighted by atomic mass is 10.1. The number of esters is 1. The van der Waals surface area contributed by atoms with Gasteiger partial charge in [0.2, 0.25) is 0 Å². The highest BCUT2D eigenvalue weighted by Crippen LogP contribution is 2.03. The summed E-state index contributed by atoms with van der Waals surface area (Å²) in [4.78, 5) is 22.1. The molecule has 0 heterocycles. The first kappa shape index (κ1) is 14.7. The molecular formula is C11H22N2O3. The minimum atomic E-state index is -0.235. The van der Waals surface area contributed by atoms with E-state index < -0.39 is 0 Å². The van der Waals surface area contributed by atoms with Crippen molar-refractivity contribution in [3.8, 4) is 0 Å². The lowest BCUT2D eigenvalue weighted by Gasteiger charge is -2.07. The molecule has 0 saturated heterocycles. The number of urea groups is 1. The number of carbonyl (C=O) groups excluding carboxylic acids is 2. The Morgan fingerprint density at radius 1 is 1.25 bits per heavy atom. The van der Waals surface area contributed by atoms with Crippen LogP contribution in [0.2, 0.25) is 0 Å². The van der Waals surface area contributed by atoms with Gasteiger partial charge in [-0.3, -0.25) is 4.79 Å². The first-order chi connectivity index (χ1) is 7.56. The molecule has 0 aliphatic carbocycles. The molecule has 0 fully saturated rings. The van der Waals surface area contributed by atoms with Gasteiger partial charge in [-0.1, -0.05) is 13.8 Å². The summed E-state index contributed by atoms with van der Waals surface area (Å²) in [6, 6.07) is -0.235. The maximum absolute atomic E-state index is 11.2. The predicted molar refractivity (Wildman–Crippen MR) is 62.1 cm³/mol. The molecule has 94 valence electrons. The average Bonchev–Trinajstić information content (AvgIpc) is 2.22. The summed E-state index contributed by atoms with van der Waals surface area (Å²) < 4.78 is 4.94. The Labute approximate surface area is 96.9 Å². The first-order valence-corrected chi connectivity index (χ1v) is 5.73. The van der Waals surface area contributed by atoms with Crippen molar-refractivity contribution in [3.05, 3.63) is 0 Å². The largest absolute Gasteiger partial charge is 0.464 e. The van der Waals surface area contributed by atoms with Crippen LogP contribution in [0.3, 0.4) is 0 Å². The molecule has 0 saturated carbocycles. The van der Waals surface area contributed by atoms with E-state index in [9.17, 15) is 9.59 Å². The molecule has 0 aromatic heterocycles. The third-order valence-corrected chi connectivity index (χ3v) is 1.91. The molecule has 16 heavy (non-hydrogen) atoms. The van der Waals surface area contributed by atoms with E-state index in [-0.39, 0.29) is 18.6 Å². The van der Waals surface area contributed by atoms with Crippen LogP contribution in [0.1, 0.15) is 33.6 Å². The first-order valence-electron chi connectivity index (χ1n) is 5.73. The van der Waals surface area contributed by atoms with Gasteiger partial charge in [0.05, 0.1) is 6.54 Å². The second-order valence-corrected chi connectivity index (χ2v) is 3.94. The second-order valence-electron chi connectivity index (χ2n) is 3.94. The summed E-state index contributed by atoms with van der Waals surface area (Å²) in [5.41, 5.74) is 0. The third-order valence-electron chi connectivity index (χ3n) is 1.91. The summed E-state index contributed by atoms with van der Waals surface area (Å²) in [6.45, 7) is 7.12. The van der Waals surface area contributed by atoms with Crippen LogP contribution < -0.4 is 10.6 Å². The predicted octanol–water partition coefficient (Wildman–Crippen LogP) is 1.28. The number of hydrogen-bond donors (Lipinski definition) is 2. The van der Waals surface area contributed by atoms with Crippen LogP contribution in [-0.2, 0) is 9.53 Å². The van der Waals surface area contributed by atoms with Gasteiger partial charge in [0, 0.05) is 13.0 Å². The van der Waals surface area contributed by atoms with Crippen molar-refractivity contribution < 1.29 is 14.3 Å². The smallest absolute Gasteiger partial charge is 0.314 e. The monoisotopic (exact) mass is 230 g/mol. The Hall–Kier alpha value is -1.26. The maximum atomic E-state index is 11.2. The molecule has 5 heteroatoms. The molecule has 2 N–H and O–H groups in total. The summed E-state index contributed by atoms with van der Waals surface area (Å²) in [5.74, 6) is 0.299. The van der Waals surface area contributed by atoms with Crippen LogP contribution in [0.15, 0.2) is 0 Å². The van der Waals surface area contributed by atoms with E-state index in [1.165, 1.54) is 0 Å². The molecule has 5 nitrogen and oxygen atoms in total. The highest BCUT2D eigenvalue weighted by Gasteiger charge is 2.04. The van der Waals surface area contributed by atoms with Crippen molar-refractivity contribution in [1.82, 2.24) is 10.6 Å². The van der Waals surface area contributed by atoms with Crippen LogP contribution in [0.25, 0.3) is 0 Å². The number of ether oxygens (including phenoxy) is 1. The minimum Gasteiger partial charge on any atom is -0.464 e. The van der Waals surface area contributed by atoms with Gasteiger partial charge in [0.1, 0.15) is 6.61 Å². The topological polar surface area (TPSA) is 67.4 Å². The molecule has 0 rings (SSSR count). The lowest BCUT2D eigenvalue weighted by Crippen LogP contribution is -2.37. The van der Waals surface area contributed by atoms with E-state index in [2.05, 4.69) is 24.5 Å². The standard InChI is InChI=1S/C11H22N2O3/c1-4-12-11(15)13-7-8-16-10(14)6-5-9(2)3/h9H,4-8H2,1-3H3,(H2,12,13,15). The lowest BCUT2D eigenvalue weighted by molar-refractivity contribution is -0.143. The Bertz CT molecular complexity index is 217. The van der Waals surface area contributed by atoms with Gasteiger partial charge in [0.15, 0.2) is 0 Å². The minimum absolute atomic E-state index is 0.202. The van der Waals surface area contributed by atoms with Gasteiger partial charge in [0.25, 0.3) is 0 Å². The van der Waals surface area contributed by atoms with Crippen molar-refractivity contribution in [3.63, 3.8) is 0 Å². The zero-order valence-electron chi connectivity index (χ0n) is 10.3. The fourth-order valence-corrected chi connectivity index (χ4v) is 1.03. The normalized spacial score (nSPS) is 10.0. The van der Waals surface area contributed by atoms with Crippen LogP contribution in [0, 0.1) is 5.92 Å². The molecule has 0 aliphatic heterocycles. The van der Waals surface area contributed by atoms with Crippen molar-refractivity contribution in [2.24, 2.45) is 5.92 Å². The zero-order chi connectivity index (χ0) is 12.4. The van der Waals surface area contributed by atoms with Crippen LogP contribution >= 0.6 is 0 Å². The average molecular weight is 230 g/mol. The van der Waals surface area contributed by atoms with Gasteiger partial charge in [-0.05, 0) is 19.3 Å². The summed E-state index contributed by atoms with van der Waals surface area (Å²) in [7, 11) is 0. The molecule has 0 spiro atoms. The molecule has 0 bridgehead atoms. The van der Waals surface area contributed by atoms with Crippen molar-refractivity contribution in [2.45, 2.75) is 33.6 Å². The number of carbonyl (C=O) groups is 2. The fraction of sp³-hybridized carbons (Fsp3) is 0.818. The molecule has 0 aliphatic rings. The SMILES string of the molecule is CCNC(=O)NCCOC(=O)CCC(C)C. The van der Waals surface area contributed by atoms with E-state index in [1.807, 2.05) is 6.92 Å². The van der Waals surface area contributed by atoms with Crippen molar-refractivity contribution in [2.75, 3.05) is 19.7 Å². The molecule has 2 amide bonds. The van der Waals surface area contributed by atoms with Gasteiger partial charge in [-0.2, -0.15) is 0 Å². The quantitative estimate of drug-likeness (QED) is 0.511. The highest BCUT2D eigenvalue weighted by molar-refractivity contribution is 5.73. The highest BCUT2D eigenvalue weighted by atomic mass is 16.5. The Kier molecular flexibility index (Phi) is 8.29. The Balaban J connectivity index is 3.37. The summed E-state index contributed by atoms with van der Waals surface area (Å²) in [5, 5.41) is 5.16. The van der Waals surface area contributed by atoms with E-state index >= 15 is 0 Å². The Morgan fingerprint density at radius 2 is 1.94 bits per heavy atom. The van der Waals surface area contributed by atoms with Gasteiger partial charge in [-0.15, -0.1) is 0 Å². The third kappa shape index (κ3) is 9.30. The van der Waals surface area contributed by atoms with Crippen LogP contribution in [0.5, 0.6) is 0 Å². The Morgan fingerprint density at radius 3 is 2.50 bits per heavy atom. The number of rotatable bonds is 7. The van der Waals surface area contributed by atoms with Crippen LogP contribution in [-0.4, -0.2) is 31.7 Å². The van der Waals surface area contributed by atoms with Crippen molar-refractivity contribution in [1.29, 1.82) is 0 Å². The van der Waals surface area contributed by atoms with E-state index in [0.29, 0.717) is 25.4 Å². The van der Waals surface area contributed by atoms with Gasteiger partial charge >= 0.3 is 12.0 Å². The van der Waals surface area contributed by atoms with Gasteiger partial charge < -0.3 is 15.4 Å². The molecule has 0 aromatic carbocycles. The zero-order valence-corrected chi connectivity index (χ0v) is 10.3. The second kappa shape index (κ2) is 9.00. The summed E-state index contributed by atoms with van der Waals surface area (Å²) in [6.07, 6.45) is 1.28. The molecule has 0 radical (unpaired) electrons. The molecule has 0 unspecified atom stereocenters. The summed E-state index contributed by atoms with van der Waals surface area (Å²) >= 11 is 0. The van der Waals surface area contributed by atoms with E-state index in [1.54, 1.807) is 0 Å². The molecular weight excluding hydrogens is 208 g/mol. The molecule has 0 atom stereocenters.